The van der Waals surface area contributed by atoms with Crippen LogP contribution in [0.1, 0.15) is 11.1 Å². The first kappa shape index (κ1) is 32.0. The minimum absolute atomic E-state index is 0.284. The topological polar surface area (TPSA) is 118 Å². The highest BCUT2D eigenvalue weighted by molar-refractivity contribution is 6.33. The zero-order valence-electron chi connectivity index (χ0n) is 25.6. The van der Waals surface area contributed by atoms with Crippen LogP contribution in [-0.2, 0) is 13.1 Å². The van der Waals surface area contributed by atoms with Crippen molar-refractivity contribution in [3.05, 3.63) is 143 Å². The van der Waals surface area contributed by atoms with Gasteiger partial charge in [-0.1, -0.05) is 59.6 Å². The Morgan fingerprint density at radius 2 is 1.24 bits per heavy atom. The lowest BCUT2D eigenvalue weighted by molar-refractivity contribution is 0.629. The van der Waals surface area contributed by atoms with E-state index in [1.165, 1.54) is 30.6 Å². The largest absolute Gasteiger partial charge is 0.364 e. The molecule has 0 aliphatic carbocycles. The molecule has 0 unspecified atom stereocenters. The van der Waals surface area contributed by atoms with Crippen molar-refractivity contribution in [3.8, 4) is 22.5 Å². The second-order valence-corrected chi connectivity index (χ2v) is 11.8. The Hall–Kier alpha value is -5.55. The third-order valence-electron chi connectivity index (χ3n) is 7.86. The van der Waals surface area contributed by atoms with Crippen LogP contribution in [0.15, 0.2) is 110 Å². The molecule has 0 atom stereocenters. The summed E-state index contributed by atoms with van der Waals surface area (Å²) in [5.74, 6) is 0.0309. The maximum absolute atomic E-state index is 13.8. The molecule has 0 spiro atoms. The molecule has 8 rings (SSSR count). The number of anilines is 1. The number of fused-ring (bicyclic) bond motifs is 3. The lowest BCUT2D eigenvalue weighted by atomic mass is 10.0. The van der Waals surface area contributed by atoms with Crippen LogP contribution in [-0.4, -0.2) is 29.9 Å². The lowest BCUT2D eigenvalue weighted by Crippen LogP contribution is -2.05. The molecule has 0 fully saturated rings. The number of pyridine rings is 2. The van der Waals surface area contributed by atoms with E-state index < -0.39 is 0 Å². The number of rotatable bonds is 6. The molecule has 0 radical (unpaired) electrons. The molecular weight excluding hydrogens is 665 g/mol. The van der Waals surface area contributed by atoms with Gasteiger partial charge in [-0.05, 0) is 71.8 Å². The van der Waals surface area contributed by atoms with Crippen LogP contribution >= 0.6 is 23.2 Å². The van der Waals surface area contributed by atoms with Crippen molar-refractivity contribution < 1.29 is 8.78 Å². The van der Waals surface area contributed by atoms with Gasteiger partial charge >= 0.3 is 0 Å². The fraction of sp³-hybridized carbons (Fsp3) is 0.0541. The molecule has 4 aromatic carbocycles. The molecule has 4 heterocycles. The number of hydrogen-bond acceptors (Lipinski definition) is 7. The monoisotopic (exact) mass is 690 g/mol. The molecule has 0 saturated carbocycles. The summed E-state index contributed by atoms with van der Waals surface area (Å²) < 4.78 is 27.0. The highest BCUT2D eigenvalue weighted by Gasteiger charge is 2.15. The molecule has 8 aromatic rings. The number of halogens is 4. The first-order valence-corrected chi connectivity index (χ1v) is 15.9. The van der Waals surface area contributed by atoms with Gasteiger partial charge in [-0.15, -0.1) is 0 Å². The average molecular weight is 692 g/mol. The third kappa shape index (κ3) is 6.75. The van der Waals surface area contributed by atoms with Crippen molar-refractivity contribution in [2.24, 2.45) is 5.73 Å². The Morgan fingerprint density at radius 1 is 0.673 bits per heavy atom. The SMILES string of the molecule is Fc1ccc2nc(-c3ccccc3Cl)c(CNc3ncnc4nc[nH]c34)cc2c1.NCc1cc2cc(F)ccc2nc1-c1ccccc1Cl. The summed E-state index contributed by atoms with van der Waals surface area (Å²) >= 11 is 12.7. The van der Waals surface area contributed by atoms with Gasteiger partial charge in [-0.25, -0.2) is 33.7 Å². The number of H-pyrrole nitrogens is 1. The molecule has 0 bridgehead atoms. The van der Waals surface area contributed by atoms with Crippen LogP contribution in [0.5, 0.6) is 0 Å². The number of imidazole rings is 1. The maximum atomic E-state index is 13.8. The Labute approximate surface area is 289 Å². The molecule has 0 amide bonds. The summed E-state index contributed by atoms with van der Waals surface area (Å²) in [6.45, 7) is 0.727. The Morgan fingerprint density at radius 3 is 1.84 bits per heavy atom. The first-order chi connectivity index (χ1) is 23.9. The number of nitrogens with one attached hydrogen (secondary N) is 2. The van der Waals surface area contributed by atoms with E-state index in [9.17, 15) is 8.78 Å². The van der Waals surface area contributed by atoms with Crippen LogP contribution < -0.4 is 11.1 Å². The van der Waals surface area contributed by atoms with Gasteiger partial charge < -0.3 is 16.0 Å². The second-order valence-electron chi connectivity index (χ2n) is 11.0. The molecule has 0 saturated heterocycles. The Bertz CT molecular complexity index is 2470. The van der Waals surface area contributed by atoms with Gasteiger partial charge in [0.2, 0.25) is 0 Å². The lowest BCUT2D eigenvalue weighted by Gasteiger charge is -2.13. The van der Waals surface area contributed by atoms with E-state index in [1.807, 2.05) is 60.7 Å². The van der Waals surface area contributed by atoms with E-state index in [1.54, 1.807) is 18.5 Å². The molecule has 0 aliphatic rings. The quantitative estimate of drug-likeness (QED) is 0.159. The number of nitrogens with two attached hydrogens (primary N) is 1. The molecule has 12 heteroatoms. The number of nitrogens with zero attached hydrogens (tertiary/aromatic N) is 5. The van der Waals surface area contributed by atoms with Crippen molar-refractivity contribution in [1.29, 1.82) is 0 Å². The summed E-state index contributed by atoms with van der Waals surface area (Å²) in [5.41, 5.74) is 13.3. The van der Waals surface area contributed by atoms with E-state index >= 15 is 0 Å². The normalized spacial score (nSPS) is 11.1. The van der Waals surface area contributed by atoms with Crippen molar-refractivity contribution in [2.45, 2.75) is 13.1 Å². The number of benzene rings is 4. The van der Waals surface area contributed by atoms with Gasteiger partial charge in [0.15, 0.2) is 11.5 Å². The van der Waals surface area contributed by atoms with Crippen molar-refractivity contribution in [3.63, 3.8) is 0 Å². The van der Waals surface area contributed by atoms with E-state index in [0.29, 0.717) is 51.0 Å². The van der Waals surface area contributed by atoms with Crippen LogP contribution in [0.4, 0.5) is 14.6 Å². The van der Waals surface area contributed by atoms with Crippen LogP contribution in [0.3, 0.4) is 0 Å². The van der Waals surface area contributed by atoms with E-state index in [0.717, 1.165) is 44.5 Å². The molecular formula is C37H26Cl2F2N8. The summed E-state index contributed by atoms with van der Waals surface area (Å²) in [6, 6.07) is 27.8. The minimum atomic E-state index is -0.307. The van der Waals surface area contributed by atoms with E-state index in [4.69, 9.17) is 33.9 Å². The second kappa shape index (κ2) is 13.9. The maximum Gasteiger partial charge on any atom is 0.182 e. The highest BCUT2D eigenvalue weighted by Crippen LogP contribution is 2.33. The summed E-state index contributed by atoms with van der Waals surface area (Å²) in [5, 5.41) is 5.97. The molecule has 8 nitrogen and oxygen atoms in total. The molecule has 4 N–H and O–H groups in total. The van der Waals surface area contributed by atoms with Crippen LogP contribution in [0.2, 0.25) is 10.0 Å². The van der Waals surface area contributed by atoms with Gasteiger partial charge in [0.1, 0.15) is 23.5 Å². The van der Waals surface area contributed by atoms with Gasteiger partial charge in [-0.3, -0.25) is 0 Å². The molecule has 242 valence electrons. The fourth-order valence-corrected chi connectivity index (χ4v) is 5.97. The minimum Gasteiger partial charge on any atom is -0.364 e. The van der Waals surface area contributed by atoms with Gasteiger partial charge in [0, 0.05) is 45.0 Å². The average Bonchev–Trinajstić information content (AvgIpc) is 3.60. The van der Waals surface area contributed by atoms with Gasteiger partial charge in [0.05, 0.1) is 28.7 Å². The zero-order valence-corrected chi connectivity index (χ0v) is 27.1. The number of aromatic amines is 1. The van der Waals surface area contributed by atoms with E-state index in [-0.39, 0.29) is 11.6 Å². The smallest absolute Gasteiger partial charge is 0.182 e. The fourth-order valence-electron chi connectivity index (χ4n) is 5.52. The highest BCUT2D eigenvalue weighted by atomic mass is 35.5. The summed E-state index contributed by atoms with van der Waals surface area (Å²) in [6.07, 6.45) is 3.02. The number of aromatic nitrogens is 6. The predicted octanol–water partition coefficient (Wildman–Crippen LogP) is 9.13. The first-order valence-electron chi connectivity index (χ1n) is 15.1. The molecule has 49 heavy (non-hydrogen) atoms. The summed E-state index contributed by atoms with van der Waals surface area (Å²) in [4.78, 5) is 24.9. The van der Waals surface area contributed by atoms with Crippen LogP contribution in [0.25, 0.3) is 55.5 Å². The molecule has 4 aromatic heterocycles. The van der Waals surface area contributed by atoms with Crippen molar-refractivity contribution >= 4 is 62.0 Å². The Kier molecular flexibility index (Phi) is 9.08. The molecule has 0 aliphatic heterocycles. The van der Waals surface area contributed by atoms with E-state index in [2.05, 4.69) is 30.2 Å². The predicted molar refractivity (Wildman–Crippen MR) is 191 cm³/mol. The Balaban J connectivity index is 0.000000166. The summed E-state index contributed by atoms with van der Waals surface area (Å²) in [7, 11) is 0. The van der Waals surface area contributed by atoms with Gasteiger partial charge in [-0.2, -0.15) is 0 Å². The van der Waals surface area contributed by atoms with Crippen molar-refractivity contribution in [1.82, 2.24) is 29.9 Å². The standard InChI is InChI=1S/C21H14ClFN6.C16H12ClFN2/c22-16-4-2-1-3-15(16)18-13(7-12-8-14(23)5-6-17(12)29-18)9-24-20-19-21(26-10-25-19)28-11-27-20;17-14-4-2-1-3-13(14)16-11(9-19)7-10-8-12(18)5-6-15(10)20-16/h1-8,10-11H,9H2,(H2,24,25,26,27,28);1-8H,9,19H2. The third-order valence-corrected chi connectivity index (χ3v) is 8.52. The van der Waals surface area contributed by atoms with Crippen LogP contribution in [0, 0.1) is 11.6 Å². The van der Waals surface area contributed by atoms with Gasteiger partial charge in [0.25, 0.3) is 0 Å². The van der Waals surface area contributed by atoms with Crippen molar-refractivity contribution in [2.75, 3.05) is 5.32 Å². The zero-order chi connectivity index (χ0) is 33.9. The number of hydrogen-bond donors (Lipinski definition) is 3.